The molecule has 0 aliphatic carbocycles. The van der Waals surface area contributed by atoms with E-state index in [9.17, 15) is 9.59 Å². The Hall–Kier alpha value is -1.64. The lowest BCUT2D eigenvalue weighted by Gasteiger charge is -2.16. The average Bonchev–Trinajstić information content (AvgIpc) is 2.57. The van der Waals surface area contributed by atoms with E-state index in [1.807, 2.05) is 0 Å². The van der Waals surface area contributed by atoms with E-state index in [1.54, 1.807) is 0 Å². The first kappa shape index (κ1) is 13.4. The second kappa shape index (κ2) is 5.62. The van der Waals surface area contributed by atoms with Gasteiger partial charge >= 0.3 is 5.97 Å². The van der Waals surface area contributed by atoms with Gasteiger partial charge in [-0.25, -0.2) is 0 Å². The number of aromatic nitrogens is 1. The summed E-state index contributed by atoms with van der Waals surface area (Å²) in [5, 5.41) is 8.94. The molecule has 1 rings (SSSR count). The molecule has 0 radical (unpaired) electrons. The predicted molar refractivity (Wildman–Crippen MR) is 63.2 cm³/mol. The van der Waals surface area contributed by atoms with Crippen molar-refractivity contribution in [3.05, 3.63) is 21.9 Å². The molecule has 5 nitrogen and oxygen atoms in total. The highest BCUT2D eigenvalue weighted by Gasteiger charge is 2.20. The van der Waals surface area contributed by atoms with Crippen molar-refractivity contribution in [1.29, 1.82) is 0 Å². The van der Waals surface area contributed by atoms with Gasteiger partial charge in [-0.3, -0.25) is 9.59 Å². The number of carboxylic acids is 1. The monoisotopic (exact) mass is 274 g/mol. The zero-order valence-corrected chi connectivity index (χ0v) is 10.0. The maximum absolute atomic E-state index is 11.9. The van der Waals surface area contributed by atoms with Crippen molar-refractivity contribution in [3.63, 3.8) is 0 Å². The van der Waals surface area contributed by atoms with Crippen molar-refractivity contribution in [2.45, 2.75) is 0 Å². The van der Waals surface area contributed by atoms with E-state index >= 15 is 0 Å². The second-order valence-electron chi connectivity index (χ2n) is 3.10. The van der Waals surface area contributed by atoms with Gasteiger partial charge in [0, 0.05) is 0 Å². The standard InChI is InChI=1S/C10H8Cl2N2O3/c1-2-3-14(5-8(15)16)10(17)7-4-6(11)9(12)13-7/h1,4,13H,3,5H2,(H,15,16). The summed E-state index contributed by atoms with van der Waals surface area (Å²) in [6, 6.07) is 1.32. The van der Waals surface area contributed by atoms with Gasteiger partial charge in [0.25, 0.3) is 5.91 Å². The molecule has 90 valence electrons. The summed E-state index contributed by atoms with van der Waals surface area (Å²) >= 11 is 11.3. The number of amides is 1. The van der Waals surface area contributed by atoms with E-state index in [0.717, 1.165) is 4.90 Å². The van der Waals surface area contributed by atoms with Crippen LogP contribution in [0.1, 0.15) is 10.5 Å². The average molecular weight is 275 g/mol. The summed E-state index contributed by atoms with van der Waals surface area (Å²) in [7, 11) is 0. The van der Waals surface area contributed by atoms with E-state index in [2.05, 4.69) is 10.9 Å². The molecule has 17 heavy (non-hydrogen) atoms. The van der Waals surface area contributed by atoms with E-state index in [1.165, 1.54) is 6.07 Å². The van der Waals surface area contributed by atoms with E-state index in [-0.39, 0.29) is 22.4 Å². The molecule has 2 N–H and O–H groups in total. The highest BCUT2D eigenvalue weighted by Crippen LogP contribution is 2.22. The molecule has 1 amide bonds. The molecule has 1 heterocycles. The summed E-state index contributed by atoms with van der Waals surface area (Å²) in [6.07, 6.45) is 5.06. The number of aromatic amines is 1. The molecule has 0 saturated carbocycles. The molecule has 0 aromatic carbocycles. The first-order chi connectivity index (χ1) is 7.95. The number of rotatable bonds is 4. The van der Waals surface area contributed by atoms with Crippen molar-refractivity contribution >= 4 is 35.1 Å². The van der Waals surface area contributed by atoms with Crippen molar-refractivity contribution < 1.29 is 14.7 Å². The number of carbonyl (C=O) groups excluding carboxylic acids is 1. The number of carboxylic acid groups (broad SMARTS) is 1. The first-order valence-electron chi connectivity index (χ1n) is 4.44. The maximum atomic E-state index is 11.9. The number of nitrogens with one attached hydrogen (secondary N) is 1. The predicted octanol–water partition coefficient (Wildman–Crippen LogP) is 1.48. The smallest absolute Gasteiger partial charge is 0.323 e. The van der Waals surface area contributed by atoms with Gasteiger partial charge in [-0.15, -0.1) is 6.42 Å². The molecule has 0 aliphatic heterocycles. The van der Waals surface area contributed by atoms with Gasteiger partial charge in [-0.2, -0.15) is 0 Å². The SMILES string of the molecule is C#CCN(CC(=O)O)C(=O)c1cc(Cl)c(Cl)[nH]1. The third kappa shape index (κ3) is 3.41. The fourth-order valence-electron chi connectivity index (χ4n) is 1.16. The van der Waals surface area contributed by atoms with Gasteiger partial charge in [-0.05, 0) is 6.07 Å². The molecule has 0 fully saturated rings. The van der Waals surface area contributed by atoms with Crippen molar-refractivity contribution in [1.82, 2.24) is 9.88 Å². The van der Waals surface area contributed by atoms with Crippen LogP contribution in [-0.2, 0) is 4.79 Å². The minimum Gasteiger partial charge on any atom is -0.480 e. The molecule has 0 spiro atoms. The number of aliphatic carboxylic acids is 1. The van der Waals surface area contributed by atoms with Crippen LogP contribution in [0.15, 0.2) is 6.07 Å². The van der Waals surface area contributed by atoms with Crippen LogP contribution >= 0.6 is 23.2 Å². The molecule has 1 aromatic rings. The van der Waals surface area contributed by atoms with Crippen LogP contribution < -0.4 is 0 Å². The van der Waals surface area contributed by atoms with Crippen LogP contribution in [-0.4, -0.2) is 40.0 Å². The Morgan fingerprint density at radius 2 is 2.18 bits per heavy atom. The van der Waals surface area contributed by atoms with Crippen LogP contribution in [0, 0.1) is 12.3 Å². The lowest BCUT2D eigenvalue weighted by atomic mass is 10.3. The molecule has 1 aromatic heterocycles. The fourth-order valence-corrected chi connectivity index (χ4v) is 1.48. The van der Waals surface area contributed by atoms with E-state index in [0.29, 0.717) is 0 Å². The molecular formula is C10H8Cl2N2O3. The quantitative estimate of drug-likeness (QED) is 0.817. The van der Waals surface area contributed by atoms with Gasteiger partial charge in [0.05, 0.1) is 11.6 Å². The Labute approximate surface area is 107 Å². The lowest BCUT2D eigenvalue weighted by molar-refractivity contribution is -0.137. The molecular weight excluding hydrogens is 267 g/mol. The lowest BCUT2D eigenvalue weighted by Crippen LogP contribution is -2.36. The molecule has 0 unspecified atom stereocenters. The third-order valence-electron chi connectivity index (χ3n) is 1.85. The summed E-state index contributed by atoms with van der Waals surface area (Å²) in [5.41, 5.74) is 0.0940. The maximum Gasteiger partial charge on any atom is 0.323 e. The molecule has 0 saturated heterocycles. The zero-order chi connectivity index (χ0) is 13.0. The van der Waals surface area contributed by atoms with Crippen LogP contribution in [0.25, 0.3) is 0 Å². The molecule has 0 bridgehead atoms. The third-order valence-corrected chi connectivity index (χ3v) is 2.54. The number of carbonyl (C=O) groups is 2. The highest BCUT2D eigenvalue weighted by atomic mass is 35.5. The molecule has 0 aliphatic rings. The van der Waals surface area contributed by atoms with E-state index in [4.69, 9.17) is 34.7 Å². The number of H-pyrrole nitrogens is 1. The van der Waals surface area contributed by atoms with Gasteiger partial charge < -0.3 is 15.0 Å². The van der Waals surface area contributed by atoms with Gasteiger partial charge in [0.2, 0.25) is 0 Å². The number of nitrogens with zero attached hydrogens (tertiary/aromatic N) is 1. The topological polar surface area (TPSA) is 73.4 Å². The van der Waals surface area contributed by atoms with Gasteiger partial charge in [-0.1, -0.05) is 29.1 Å². The van der Waals surface area contributed by atoms with Gasteiger partial charge in [0.1, 0.15) is 17.4 Å². The summed E-state index contributed by atoms with van der Waals surface area (Å²) in [6.45, 7) is -0.601. The molecule has 0 atom stereocenters. The van der Waals surface area contributed by atoms with Crippen LogP contribution in [0.3, 0.4) is 0 Å². The minimum atomic E-state index is -1.16. The summed E-state index contributed by atoms with van der Waals surface area (Å²) < 4.78 is 0. The largest absolute Gasteiger partial charge is 0.480 e. The van der Waals surface area contributed by atoms with E-state index < -0.39 is 18.4 Å². The normalized spacial score (nSPS) is 9.71. The summed E-state index contributed by atoms with van der Waals surface area (Å²) in [4.78, 5) is 25.9. The Morgan fingerprint density at radius 1 is 1.53 bits per heavy atom. The first-order valence-corrected chi connectivity index (χ1v) is 5.19. The van der Waals surface area contributed by atoms with Crippen molar-refractivity contribution in [2.75, 3.05) is 13.1 Å². The van der Waals surface area contributed by atoms with Gasteiger partial charge in [0.15, 0.2) is 0 Å². The Bertz CT molecular complexity index is 471. The zero-order valence-electron chi connectivity index (χ0n) is 8.54. The summed E-state index contributed by atoms with van der Waals surface area (Å²) in [5.74, 6) is 0.482. The fraction of sp³-hybridized carbons (Fsp3) is 0.200. The number of hydrogen-bond acceptors (Lipinski definition) is 2. The Balaban J connectivity index is 2.91. The molecule has 7 heteroatoms. The van der Waals surface area contributed by atoms with Crippen LogP contribution in [0.2, 0.25) is 10.2 Å². The van der Waals surface area contributed by atoms with Crippen LogP contribution in [0.5, 0.6) is 0 Å². The number of terminal acetylenes is 1. The minimum absolute atomic E-state index is 0.0940. The van der Waals surface area contributed by atoms with Crippen LogP contribution in [0.4, 0.5) is 0 Å². The van der Waals surface area contributed by atoms with Crippen molar-refractivity contribution in [2.24, 2.45) is 0 Å². The highest BCUT2D eigenvalue weighted by molar-refractivity contribution is 6.41. The Morgan fingerprint density at radius 3 is 2.59 bits per heavy atom. The van der Waals surface area contributed by atoms with Crippen molar-refractivity contribution in [3.8, 4) is 12.3 Å². The number of halogens is 2. The second-order valence-corrected chi connectivity index (χ2v) is 3.89. The Kier molecular flexibility index (Phi) is 4.44. The number of hydrogen-bond donors (Lipinski definition) is 2.